The van der Waals surface area contributed by atoms with Crippen LogP contribution in [0.25, 0.3) is 11.5 Å². The number of hydrogen-bond donors (Lipinski definition) is 1. The Kier molecular flexibility index (Phi) is 3.43. The van der Waals surface area contributed by atoms with Gasteiger partial charge >= 0.3 is 0 Å². The number of halogens is 2. The fourth-order valence-electron chi connectivity index (χ4n) is 1.39. The van der Waals surface area contributed by atoms with Crippen molar-refractivity contribution in [3.8, 4) is 11.5 Å². The van der Waals surface area contributed by atoms with E-state index in [9.17, 15) is 8.78 Å². The molecule has 0 spiro atoms. The van der Waals surface area contributed by atoms with Gasteiger partial charge in [-0.2, -0.15) is 4.98 Å². The van der Waals surface area contributed by atoms with Gasteiger partial charge in [-0.05, 0) is 31.2 Å². The summed E-state index contributed by atoms with van der Waals surface area (Å²) in [6.07, 6.45) is 1.27. The Hall–Kier alpha value is -1.82. The van der Waals surface area contributed by atoms with Gasteiger partial charge in [-0.25, -0.2) is 8.78 Å². The topological polar surface area (TPSA) is 64.9 Å². The van der Waals surface area contributed by atoms with Crippen molar-refractivity contribution in [1.29, 1.82) is 0 Å². The van der Waals surface area contributed by atoms with Crippen LogP contribution in [0.4, 0.5) is 8.78 Å². The number of rotatable bonds is 4. The van der Waals surface area contributed by atoms with E-state index in [1.165, 1.54) is 0 Å². The SMILES string of the molecule is NCCCc1noc(-c2cc(F)ccc2F)n1. The van der Waals surface area contributed by atoms with Crippen LogP contribution in [0.2, 0.25) is 0 Å². The minimum Gasteiger partial charge on any atom is -0.334 e. The molecule has 0 aliphatic carbocycles. The van der Waals surface area contributed by atoms with Crippen LogP contribution in [0.15, 0.2) is 22.7 Å². The Bertz CT molecular complexity index is 513. The van der Waals surface area contributed by atoms with Gasteiger partial charge in [0.15, 0.2) is 5.82 Å². The van der Waals surface area contributed by atoms with E-state index >= 15 is 0 Å². The number of aryl methyl sites for hydroxylation is 1. The second-order valence-electron chi connectivity index (χ2n) is 3.53. The highest BCUT2D eigenvalue weighted by Crippen LogP contribution is 2.22. The summed E-state index contributed by atoms with van der Waals surface area (Å²) in [5.74, 6) is -0.730. The summed E-state index contributed by atoms with van der Waals surface area (Å²) in [6.45, 7) is 0.512. The van der Waals surface area contributed by atoms with Crippen molar-refractivity contribution in [1.82, 2.24) is 10.1 Å². The number of nitrogens with two attached hydrogens (primary N) is 1. The van der Waals surface area contributed by atoms with E-state index in [0.29, 0.717) is 25.2 Å². The Balaban J connectivity index is 2.27. The number of aromatic nitrogens is 2. The Morgan fingerprint density at radius 3 is 2.88 bits per heavy atom. The van der Waals surface area contributed by atoms with Gasteiger partial charge in [-0.15, -0.1) is 0 Å². The molecule has 1 aromatic carbocycles. The molecule has 0 saturated carbocycles. The zero-order valence-corrected chi connectivity index (χ0v) is 8.99. The first-order valence-corrected chi connectivity index (χ1v) is 5.19. The average Bonchev–Trinajstić information content (AvgIpc) is 2.78. The van der Waals surface area contributed by atoms with Crippen LogP contribution in [0.1, 0.15) is 12.2 Å². The molecule has 17 heavy (non-hydrogen) atoms. The van der Waals surface area contributed by atoms with Crippen molar-refractivity contribution in [3.05, 3.63) is 35.7 Å². The van der Waals surface area contributed by atoms with Crippen LogP contribution in [-0.2, 0) is 6.42 Å². The lowest BCUT2D eigenvalue weighted by atomic mass is 10.2. The molecule has 0 aliphatic rings. The fourth-order valence-corrected chi connectivity index (χ4v) is 1.39. The summed E-state index contributed by atoms with van der Waals surface area (Å²) in [7, 11) is 0. The van der Waals surface area contributed by atoms with Crippen LogP contribution in [0.3, 0.4) is 0 Å². The van der Waals surface area contributed by atoms with E-state index in [1.54, 1.807) is 0 Å². The summed E-state index contributed by atoms with van der Waals surface area (Å²) in [6, 6.07) is 3.08. The predicted octanol–water partition coefficient (Wildman–Crippen LogP) is 1.91. The molecule has 0 bridgehead atoms. The molecule has 90 valence electrons. The molecule has 4 nitrogen and oxygen atoms in total. The molecule has 0 unspecified atom stereocenters. The molecule has 0 atom stereocenters. The van der Waals surface area contributed by atoms with Gasteiger partial charge in [0.1, 0.15) is 11.6 Å². The third-order valence-electron chi connectivity index (χ3n) is 2.23. The maximum absolute atomic E-state index is 13.4. The Labute approximate surface area is 96.4 Å². The summed E-state index contributed by atoms with van der Waals surface area (Å²) in [4.78, 5) is 3.98. The van der Waals surface area contributed by atoms with Crippen LogP contribution in [0.5, 0.6) is 0 Å². The molecule has 1 aromatic heterocycles. The molecule has 0 saturated heterocycles. The van der Waals surface area contributed by atoms with Crippen LogP contribution >= 0.6 is 0 Å². The third-order valence-corrected chi connectivity index (χ3v) is 2.23. The van der Waals surface area contributed by atoms with Gasteiger partial charge in [0.05, 0.1) is 5.56 Å². The van der Waals surface area contributed by atoms with Crippen molar-refractivity contribution < 1.29 is 13.3 Å². The van der Waals surface area contributed by atoms with E-state index in [-0.39, 0.29) is 11.5 Å². The van der Waals surface area contributed by atoms with E-state index in [4.69, 9.17) is 10.3 Å². The molecule has 2 rings (SSSR count). The zero-order valence-electron chi connectivity index (χ0n) is 8.99. The van der Waals surface area contributed by atoms with Crippen LogP contribution in [-0.4, -0.2) is 16.7 Å². The normalized spacial score (nSPS) is 10.8. The quantitative estimate of drug-likeness (QED) is 0.885. The lowest BCUT2D eigenvalue weighted by molar-refractivity contribution is 0.419. The Morgan fingerprint density at radius 2 is 2.12 bits per heavy atom. The molecule has 1 heterocycles. The van der Waals surface area contributed by atoms with Gasteiger partial charge < -0.3 is 10.3 Å². The first-order valence-electron chi connectivity index (χ1n) is 5.19. The highest BCUT2D eigenvalue weighted by Gasteiger charge is 2.13. The molecular formula is C11H11F2N3O. The maximum atomic E-state index is 13.4. The molecule has 0 radical (unpaired) electrons. The van der Waals surface area contributed by atoms with Crippen molar-refractivity contribution in [2.45, 2.75) is 12.8 Å². The first kappa shape index (κ1) is 11.7. The zero-order chi connectivity index (χ0) is 12.3. The fraction of sp³-hybridized carbons (Fsp3) is 0.273. The predicted molar refractivity (Wildman–Crippen MR) is 57.0 cm³/mol. The van der Waals surface area contributed by atoms with E-state index in [0.717, 1.165) is 18.2 Å². The molecule has 6 heteroatoms. The van der Waals surface area contributed by atoms with E-state index < -0.39 is 11.6 Å². The lowest BCUT2D eigenvalue weighted by Crippen LogP contribution is -2.01. The largest absolute Gasteiger partial charge is 0.334 e. The minimum atomic E-state index is -0.597. The standard InChI is InChI=1S/C11H11F2N3O/c12-7-3-4-9(13)8(6-7)11-15-10(16-17-11)2-1-5-14/h3-4,6H,1-2,5,14H2. The number of benzene rings is 1. The lowest BCUT2D eigenvalue weighted by Gasteiger charge is -1.96. The Morgan fingerprint density at radius 1 is 1.29 bits per heavy atom. The first-order chi connectivity index (χ1) is 8.20. The van der Waals surface area contributed by atoms with Gasteiger partial charge in [-0.3, -0.25) is 0 Å². The third kappa shape index (κ3) is 2.65. The molecule has 0 amide bonds. The van der Waals surface area contributed by atoms with Gasteiger partial charge in [0, 0.05) is 6.42 Å². The summed E-state index contributed by atoms with van der Waals surface area (Å²) in [5, 5.41) is 3.67. The highest BCUT2D eigenvalue weighted by molar-refractivity contribution is 5.53. The smallest absolute Gasteiger partial charge is 0.261 e. The molecule has 2 aromatic rings. The summed E-state index contributed by atoms with van der Waals surface area (Å²) < 4.78 is 31.2. The van der Waals surface area contributed by atoms with E-state index in [1.807, 2.05) is 0 Å². The van der Waals surface area contributed by atoms with Crippen molar-refractivity contribution in [2.24, 2.45) is 5.73 Å². The van der Waals surface area contributed by atoms with Gasteiger partial charge in [-0.1, -0.05) is 5.16 Å². The maximum Gasteiger partial charge on any atom is 0.261 e. The van der Waals surface area contributed by atoms with Crippen LogP contribution < -0.4 is 5.73 Å². The number of hydrogen-bond acceptors (Lipinski definition) is 4. The number of nitrogens with zero attached hydrogens (tertiary/aromatic N) is 2. The second kappa shape index (κ2) is 5.01. The van der Waals surface area contributed by atoms with Crippen molar-refractivity contribution >= 4 is 0 Å². The molecule has 0 aliphatic heterocycles. The average molecular weight is 239 g/mol. The molecule has 2 N–H and O–H groups in total. The van der Waals surface area contributed by atoms with Crippen molar-refractivity contribution in [2.75, 3.05) is 6.54 Å². The van der Waals surface area contributed by atoms with E-state index in [2.05, 4.69) is 10.1 Å². The highest BCUT2D eigenvalue weighted by atomic mass is 19.1. The molecular weight excluding hydrogens is 228 g/mol. The van der Waals surface area contributed by atoms with Crippen LogP contribution in [0, 0.1) is 11.6 Å². The van der Waals surface area contributed by atoms with Gasteiger partial charge in [0.2, 0.25) is 0 Å². The van der Waals surface area contributed by atoms with Crippen molar-refractivity contribution in [3.63, 3.8) is 0 Å². The summed E-state index contributed by atoms with van der Waals surface area (Å²) >= 11 is 0. The minimum absolute atomic E-state index is 0.0194. The molecule has 0 fully saturated rings. The monoisotopic (exact) mass is 239 g/mol. The second-order valence-corrected chi connectivity index (χ2v) is 3.53. The summed E-state index contributed by atoms with van der Waals surface area (Å²) in [5.41, 5.74) is 5.31. The van der Waals surface area contributed by atoms with Gasteiger partial charge in [0.25, 0.3) is 5.89 Å².